The Morgan fingerprint density at radius 1 is 0.833 bits per heavy atom. The number of cyclic esters (lactones) is 1. The summed E-state index contributed by atoms with van der Waals surface area (Å²) in [5.74, 6) is 2.36. The van der Waals surface area contributed by atoms with Crippen LogP contribution in [0.25, 0.3) is 5.57 Å². The standard InChI is InChI=1S/C29H28O7/c1-31-22-11-18-10-20-16-36-29(30)27(20)26(19-12-24(32-2)28(34-4)25(13-19)33-3)21(18)14-23(22)35-15-17-8-6-5-7-9-17/h5-9,11-14,20H,10,15-16H2,1-4H3. The van der Waals surface area contributed by atoms with Crippen molar-refractivity contribution in [2.24, 2.45) is 5.92 Å². The second kappa shape index (κ2) is 9.85. The van der Waals surface area contributed by atoms with E-state index < -0.39 is 0 Å². The van der Waals surface area contributed by atoms with Crippen molar-refractivity contribution in [2.75, 3.05) is 35.0 Å². The third-order valence-electron chi connectivity index (χ3n) is 6.63. The van der Waals surface area contributed by atoms with E-state index in [1.807, 2.05) is 54.6 Å². The Morgan fingerprint density at radius 2 is 1.53 bits per heavy atom. The van der Waals surface area contributed by atoms with E-state index in [1.165, 1.54) is 0 Å². The van der Waals surface area contributed by atoms with Gasteiger partial charge in [0.2, 0.25) is 5.75 Å². The number of fused-ring (bicyclic) bond motifs is 2. The Kier molecular flexibility index (Phi) is 6.46. The molecule has 1 aliphatic carbocycles. The summed E-state index contributed by atoms with van der Waals surface area (Å²) in [6.45, 7) is 0.729. The number of esters is 1. The largest absolute Gasteiger partial charge is 0.493 e. The lowest BCUT2D eigenvalue weighted by Crippen LogP contribution is -2.18. The highest BCUT2D eigenvalue weighted by Gasteiger charge is 2.39. The zero-order chi connectivity index (χ0) is 25.2. The minimum Gasteiger partial charge on any atom is -0.493 e. The third kappa shape index (κ3) is 4.11. The van der Waals surface area contributed by atoms with E-state index in [0.29, 0.717) is 54.0 Å². The summed E-state index contributed by atoms with van der Waals surface area (Å²) in [7, 11) is 6.33. The Morgan fingerprint density at radius 3 is 2.17 bits per heavy atom. The van der Waals surface area contributed by atoms with Gasteiger partial charge >= 0.3 is 5.97 Å². The summed E-state index contributed by atoms with van der Waals surface area (Å²) in [5, 5.41) is 0. The van der Waals surface area contributed by atoms with Gasteiger partial charge in [0.05, 0.1) is 40.6 Å². The van der Waals surface area contributed by atoms with Gasteiger partial charge in [0.15, 0.2) is 23.0 Å². The number of carbonyl (C=O) groups is 1. The Balaban J connectivity index is 1.67. The molecule has 0 radical (unpaired) electrons. The number of rotatable bonds is 8. The van der Waals surface area contributed by atoms with E-state index in [4.69, 9.17) is 28.4 Å². The lowest BCUT2D eigenvalue weighted by atomic mass is 9.77. The molecule has 186 valence electrons. The molecule has 1 unspecified atom stereocenters. The van der Waals surface area contributed by atoms with Gasteiger partial charge in [0.1, 0.15) is 6.61 Å². The van der Waals surface area contributed by atoms with Crippen LogP contribution in [0.5, 0.6) is 28.7 Å². The first-order valence-corrected chi connectivity index (χ1v) is 11.7. The minimum absolute atomic E-state index is 0.0557. The fraction of sp³-hybridized carbons (Fsp3) is 0.276. The highest BCUT2D eigenvalue weighted by molar-refractivity contribution is 6.05. The van der Waals surface area contributed by atoms with Crippen LogP contribution in [-0.4, -0.2) is 41.0 Å². The first-order chi connectivity index (χ1) is 17.6. The van der Waals surface area contributed by atoms with Crippen LogP contribution in [0.4, 0.5) is 0 Å². The molecule has 1 heterocycles. The van der Waals surface area contributed by atoms with Crippen LogP contribution < -0.4 is 23.7 Å². The monoisotopic (exact) mass is 488 g/mol. The van der Waals surface area contributed by atoms with E-state index >= 15 is 0 Å². The van der Waals surface area contributed by atoms with Crippen molar-refractivity contribution in [3.8, 4) is 28.7 Å². The maximum absolute atomic E-state index is 12.9. The molecule has 2 aliphatic rings. The lowest BCUT2D eigenvalue weighted by Gasteiger charge is -2.26. The molecule has 3 aromatic carbocycles. The van der Waals surface area contributed by atoms with Crippen LogP contribution in [0.1, 0.15) is 22.3 Å². The Bertz CT molecular complexity index is 1300. The molecule has 0 bridgehead atoms. The molecule has 0 aromatic heterocycles. The number of ether oxygens (including phenoxy) is 6. The fourth-order valence-electron chi connectivity index (χ4n) is 4.93. The number of hydrogen-bond donors (Lipinski definition) is 0. The van der Waals surface area contributed by atoms with Crippen molar-refractivity contribution >= 4 is 11.5 Å². The minimum atomic E-state index is -0.308. The molecular weight excluding hydrogens is 460 g/mol. The third-order valence-corrected chi connectivity index (χ3v) is 6.63. The van der Waals surface area contributed by atoms with Gasteiger partial charge in [-0.05, 0) is 52.9 Å². The van der Waals surface area contributed by atoms with E-state index in [-0.39, 0.29) is 11.9 Å². The molecular formula is C29H28O7. The van der Waals surface area contributed by atoms with Crippen molar-refractivity contribution in [2.45, 2.75) is 13.0 Å². The number of methoxy groups -OCH3 is 4. The second-order valence-corrected chi connectivity index (χ2v) is 8.64. The summed E-state index contributed by atoms with van der Waals surface area (Å²) >= 11 is 0. The molecule has 7 nitrogen and oxygen atoms in total. The molecule has 0 spiro atoms. The summed E-state index contributed by atoms with van der Waals surface area (Å²) in [6.07, 6.45) is 0.666. The zero-order valence-electron chi connectivity index (χ0n) is 20.8. The second-order valence-electron chi connectivity index (χ2n) is 8.64. The van der Waals surface area contributed by atoms with Crippen molar-refractivity contribution in [1.82, 2.24) is 0 Å². The lowest BCUT2D eigenvalue weighted by molar-refractivity contribution is -0.135. The predicted molar refractivity (Wildman–Crippen MR) is 134 cm³/mol. The molecule has 1 fully saturated rings. The van der Waals surface area contributed by atoms with Gasteiger partial charge in [-0.2, -0.15) is 0 Å². The van der Waals surface area contributed by atoms with Crippen molar-refractivity contribution in [3.05, 3.63) is 82.4 Å². The Hall–Kier alpha value is -4.13. The molecule has 1 aliphatic heterocycles. The summed E-state index contributed by atoms with van der Waals surface area (Å²) < 4.78 is 34.1. The molecule has 0 amide bonds. The average Bonchev–Trinajstić information content (AvgIpc) is 3.29. The van der Waals surface area contributed by atoms with Gasteiger partial charge in [-0.3, -0.25) is 0 Å². The molecule has 0 saturated carbocycles. The molecule has 7 heteroatoms. The van der Waals surface area contributed by atoms with E-state index in [9.17, 15) is 4.79 Å². The van der Waals surface area contributed by atoms with Crippen LogP contribution in [-0.2, 0) is 22.6 Å². The fourth-order valence-corrected chi connectivity index (χ4v) is 4.93. The van der Waals surface area contributed by atoms with Crippen LogP contribution >= 0.6 is 0 Å². The first-order valence-electron chi connectivity index (χ1n) is 11.7. The molecule has 36 heavy (non-hydrogen) atoms. The number of carbonyl (C=O) groups excluding carboxylic acids is 1. The molecule has 5 rings (SSSR count). The van der Waals surface area contributed by atoms with Gasteiger partial charge in [-0.1, -0.05) is 30.3 Å². The molecule has 3 aromatic rings. The van der Waals surface area contributed by atoms with Crippen molar-refractivity contribution in [3.63, 3.8) is 0 Å². The van der Waals surface area contributed by atoms with Crippen LogP contribution in [0.2, 0.25) is 0 Å². The summed E-state index contributed by atoms with van der Waals surface area (Å²) in [6, 6.07) is 17.6. The molecule has 0 N–H and O–H groups in total. The van der Waals surface area contributed by atoms with Gasteiger partial charge in [-0.15, -0.1) is 0 Å². The quantitative estimate of drug-likeness (QED) is 0.421. The van der Waals surface area contributed by atoms with Gasteiger partial charge < -0.3 is 28.4 Å². The van der Waals surface area contributed by atoms with Gasteiger partial charge in [0.25, 0.3) is 0 Å². The van der Waals surface area contributed by atoms with E-state index in [0.717, 1.165) is 27.8 Å². The average molecular weight is 489 g/mol. The number of benzene rings is 3. The highest BCUT2D eigenvalue weighted by Crippen LogP contribution is 2.48. The SMILES string of the molecule is COc1cc2c(cc1OCc1ccccc1)C(c1cc(OC)c(OC)c(OC)c1)=C1C(=O)OCC1C2. The topological polar surface area (TPSA) is 72.5 Å². The van der Waals surface area contributed by atoms with Crippen LogP contribution in [0.3, 0.4) is 0 Å². The van der Waals surface area contributed by atoms with Crippen molar-refractivity contribution < 1.29 is 33.2 Å². The maximum atomic E-state index is 12.9. The predicted octanol–water partition coefficient (Wildman–Crippen LogP) is 4.83. The van der Waals surface area contributed by atoms with E-state index in [2.05, 4.69) is 0 Å². The zero-order valence-corrected chi connectivity index (χ0v) is 20.8. The summed E-state index contributed by atoms with van der Waals surface area (Å²) in [4.78, 5) is 12.9. The Labute approximate surface area is 210 Å². The van der Waals surface area contributed by atoms with Gasteiger partial charge in [-0.25, -0.2) is 4.79 Å². The van der Waals surface area contributed by atoms with Crippen molar-refractivity contribution in [1.29, 1.82) is 0 Å². The first kappa shape index (κ1) is 23.6. The smallest absolute Gasteiger partial charge is 0.335 e. The molecule has 1 atom stereocenters. The summed E-state index contributed by atoms with van der Waals surface area (Å²) in [5.41, 5.74) is 5.17. The van der Waals surface area contributed by atoms with Crippen LogP contribution in [0, 0.1) is 5.92 Å². The van der Waals surface area contributed by atoms with E-state index in [1.54, 1.807) is 28.4 Å². The highest BCUT2D eigenvalue weighted by atomic mass is 16.5. The van der Waals surface area contributed by atoms with Crippen LogP contribution in [0.15, 0.2) is 60.2 Å². The normalized spacial score (nSPS) is 16.1. The van der Waals surface area contributed by atoms with Gasteiger partial charge in [0, 0.05) is 11.5 Å². The maximum Gasteiger partial charge on any atom is 0.335 e. The molecule has 1 saturated heterocycles. The number of hydrogen-bond acceptors (Lipinski definition) is 7.